The highest BCUT2D eigenvalue weighted by Crippen LogP contribution is 2.28. The number of aliphatic hydroxyl groups excluding tert-OH is 1. The van der Waals surface area contributed by atoms with Crippen molar-refractivity contribution in [3.63, 3.8) is 0 Å². The maximum atomic E-state index is 12.2. The lowest BCUT2D eigenvalue weighted by atomic mass is 10.2. The number of hydrogen-bond acceptors (Lipinski definition) is 7. The van der Waals surface area contributed by atoms with E-state index in [1.165, 1.54) is 18.3 Å². The number of H-pyrrole nitrogens is 1. The van der Waals surface area contributed by atoms with Crippen LogP contribution in [0.4, 0.5) is 0 Å². The number of benzene rings is 1. The number of ether oxygens (including phenoxy) is 1. The van der Waals surface area contributed by atoms with Crippen LogP contribution in [-0.4, -0.2) is 41.9 Å². The van der Waals surface area contributed by atoms with Crippen molar-refractivity contribution in [3.8, 4) is 0 Å². The van der Waals surface area contributed by atoms with E-state index in [1.54, 1.807) is 12.1 Å². The maximum absolute atomic E-state index is 12.2. The van der Waals surface area contributed by atoms with Crippen LogP contribution in [0, 0.1) is 6.92 Å². The second kappa shape index (κ2) is 7.16. The first-order valence-electron chi connectivity index (χ1n) is 7.87. The number of nitrogens with one attached hydrogen (secondary N) is 1. The summed E-state index contributed by atoms with van der Waals surface area (Å²) in [4.78, 5) is 25.0. The number of aromatic nitrogens is 2. The number of nitrogens with zero attached hydrogens (tertiary/aromatic N) is 1. The Balaban J connectivity index is 1.68. The molecule has 2 heterocycles. The van der Waals surface area contributed by atoms with E-state index in [4.69, 9.17) is 8.92 Å². The second-order valence-electron chi connectivity index (χ2n) is 6.00. The third-order valence-electron chi connectivity index (χ3n) is 4.06. The predicted octanol–water partition coefficient (Wildman–Crippen LogP) is -0.101. The number of aromatic amines is 1. The summed E-state index contributed by atoms with van der Waals surface area (Å²) < 4.78 is 36.0. The molecular weight excluding hydrogens is 364 g/mol. The molecule has 10 heteroatoms. The molecular formula is C16H18N2O7S. The normalized spacial score (nSPS) is 23.2. The largest absolute Gasteiger partial charge is 0.390 e. The van der Waals surface area contributed by atoms with E-state index in [1.807, 2.05) is 6.92 Å². The third-order valence-corrected chi connectivity index (χ3v) is 5.36. The van der Waals surface area contributed by atoms with Crippen molar-refractivity contribution >= 4 is 10.1 Å². The molecule has 2 N–H and O–H groups in total. The monoisotopic (exact) mass is 382 g/mol. The molecule has 1 unspecified atom stereocenters. The molecule has 1 aromatic carbocycles. The first-order valence-corrected chi connectivity index (χ1v) is 9.28. The predicted molar refractivity (Wildman–Crippen MR) is 90.2 cm³/mol. The minimum Gasteiger partial charge on any atom is -0.390 e. The van der Waals surface area contributed by atoms with E-state index in [0.29, 0.717) is 0 Å². The summed E-state index contributed by atoms with van der Waals surface area (Å²) in [6.07, 6.45) is -1.47. The van der Waals surface area contributed by atoms with Crippen molar-refractivity contribution in [2.24, 2.45) is 0 Å². The van der Waals surface area contributed by atoms with Crippen molar-refractivity contribution in [3.05, 3.63) is 62.9 Å². The van der Waals surface area contributed by atoms with E-state index in [2.05, 4.69) is 4.98 Å². The summed E-state index contributed by atoms with van der Waals surface area (Å²) in [5, 5.41) is 10.1. The molecule has 1 aliphatic rings. The van der Waals surface area contributed by atoms with Gasteiger partial charge in [-0.15, -0.1) is 0 Å². The van der Waals surface area contributed by atoms with Gasteiger partial charge in [0.25, 0.3) is 15.7 Å². The molecule has 140 valence electrons. The van der Waals surface area contributed by atoms with Crippen LogP contribution in [0.3, 0.4) is 0 Å². The molecule has 0 amide bonds. The molecule has 1 fully saturated rings. The van der Waals surface area contributed by atoms with Crippen LogP contribution < -0.4 is 11.2 Å². The molecule has 3 rings (SSSR count). The lowest BCUT2D eigenvalue weighted by molar-refractivity contribution is -0.0399. The first kappa shape index (κ1) is 18.5. The lowest BCUT2D eigenvalue weighted by Gasteiger charge is -2.16. The number of aryl methyl sites for hydroxylation is 1. The van der Waals surface area contributed by atoms with Gasteiger partial charge < -0.3 is 9.84 Å². The lowest BCUT2D eigenvalue weighted by Crippen LogP contribution is -2.32. The van der Waals surface area contributed by atoms with Gasteiger partial charge in [-0.2, -0.15) is 8.42 Å². The van der Waals surface area contributed by atoms with Gasteiger partial charge >= 0.3 is 5.69 Å². The number of rotatable bonds is 5. The summed E-state index contributed by atoms with van der Waals surface area (Å²) in [5.41, 5.74) is -0.315. The molecule has 1 saturated heterocycles. The zero-order valence-corrected chi connectivity index (χ0v) is 14.7. The van der Waals surface area contributed by atoms with E-state index in [0.717, 1.165) is 16.2 Å². The van der Waals surface area contributed by atoms with Gasteiger partial charge in [-0.05, 0) is 19.1 Å². The van der Waals surface area contributed by atoms with Crippen molar-refractivity contribution in [2.75, 3.05) is 6.61 Å². The minimum atomic E-state index is -3.99. The highest BCUT2D eigenvalue weighted by atomic mass is 32.2. The van der Waals surface area contributed by atoms with Crippen LogP contribution in [0.2, 0.25) is 0 Å². The quantitative estimate of drug-likeness (QED) is 0.691. The average molecular weight is 382 g/mol. The molecule has 9 nitrogen and oxygen atoms in total. The van der Waals surface area contributed by atoms with Crippen LogP contribution in [-0.2, 0) is 19.0 Å². The van der Waals surface area contributed by atoms with Crippen LogP contribution in [0.25, 0.3) is 0 Å². The Kier molecular flexibility index (Phi) is 5.10. The van der Waals surface area contributed by atoms with Gasteiger partial charge in [0.05, 0.1) is 17.6 Å². The fourth-order valence-electron chi connectivity index (χ4n) is 2.62. The van der Waals surface area contributed by atoms with Gasteiger partial charge in [-0.3, -0.25) is 18.5 Å². The summed E-state index contributed by atoms with van der Waals surface area (Å²) in [6, 6.07) is 7.31. The van der Waals surface area contributed by atoms with Crippen LogP contribution in [0.5, 0.6) is 0 Å². The minimum absolute atomic E-state index is 0.00370. The summed E-state index contributed by atoms with van der Waals surface area (Å²) in [5.74, 6) is 0. The Bertz CT molecular complexity index is 994. The Morgan fingerprint density at radius 1 is 1.27 bits per heavy atom. The SMILES string of the molecule is Cc1ccc(S(=O)(=O)OC[C@@H]2O[C@H](n3ccc(=O)[nH]c3=O)CC2O)cc1. The molecule has 1 aliphatic heterocycles. The van der Waals surface area contributed by atoms with Crippen LogP contribution >= 0.6 is 0 Å². The van der Waals surface area contributed by atoms with Crippen molar-refractivity contribution in [1.82, 2.24) is 9.55 Å². The summed E-state index contributed by atoms with van der Waals surface area (Å²) >= 11 is 0. The fraction of sp³-hybridized carbons (Fsp3) is 0.375. The van der Waals surface area contributed by atoms with Gasteiger partial charge in [0.15, 0.2) is 0 Å². The van der Waals surface area contributed by atoms with E-state index < -0.39 is 46.4 Å². The van der Waals surface area contributed by atoms with E-state index in [9.17, 15) is 23.1 Å². The van der Waals surface area contributed by atoms with Gasteiger partial charge in [0, 0.05) is 18.7 Å². The highest BCUT2D eigenvalue weighted by molar-refractivity contribution is 7.86. The first-order chi connectivity index (χ1) is 12.3. The second-order valence-corrected chi connectivity index (χ2v) is 7.62. The van der Waals surface area contributed by atoms with Crippen LogP contribution in [0.15, 0.2) is 51.0 Å². The standard InChI is InChI=1S/C16H18N2O7S/c1-10-2-4-11(5-3-10)26(22,23)24-9-13-12(19)8-15(25-13)18-7-6-14(20)17-16(18)21/h2-7,12-13,15,19H,8-9H2,1H3,(H,17,20,21)/t12?,13-,15-/m0/s1. The molecule has 0 spiro atoms. The van der Waals surface area contributed by atoms with Gasteiger partial charge in [-0.25, -0.2) is 4.79 Å². The molecule has 0 saturated carbocycles. The topological polar surface area (TPSA) is 128 Å². The third kappa shape index (κ3) is 3.93. The Morgan fingerprint density at radius 2 is 1.96 bits per heavy atom. The van der Waals surface area contributed by atoms with Crippen molar-refractivity contribution in [2.45, 2.75) is 36.7 Å². The molecule has 0 radical (unpaired) electrons. The maximum Gasteiger partial charge on any atom is 0.330 e. The molecule has 0 aliphatic carbocycles. The van der Waals surface area contributed by atoms with Gasteiger partial charge in [0.2, 0.25) is 0 Å². The highest BCUT2D eigenvalue weighted by Gasteiger charge is 2.36. The van der Waals surface area contributed by atoms with Gasteiger partial charge in [0.1, 0.15) is 12.3 Å². The molecule has 0 bridgehead atoms. The molecule has 3 atom stereocenters. The van der Waals surface area contributed by atoms with Gasteiger partial charge in [-0.1, -0.05) is 17.7 Å². The number of hydrogen-bond donors (Lipinski definition) is 2. The van der Waals surface area contributed by atoms with Crippen molar-refractivity contribution in [1.29, 1.82) is 0 Å². The Morgan fingerprint density at radius 3 is 2.62 bits per heavy atom. The fourth-order valence-corrected chi connectivity index (χ4v) is 3.54. The smallest absolute Gasteiger partial charge is 0.330 e. The van der Waals surface area contributed by atoms with E-state index >= 15 is 0 Å². The summed E-state index contributed by atoms with van der Waals surface area (Å²) in [6.45, 7) is 1.44. The van der Waals surface area contributed by atoms with Crippen molar-refractivity contribution < 1.29 is 22.4 Å². The average Bonchev–Trinajstić information content (AvgIpc) is 2.94. The Hall–Kier alpha value is -2.27. The zero-order valence-electron chi connectivity index (χ0n) is 13.9. The summed E-state index contributed by atoms with van der Waals surface area (Å²) in [7, 11) is -3.99. The molecule has 1 aromatic heterocycles. The Labute approximate surface area is 149 Å². The van der Waals surface area contributed by atoms with Crippen LogP contribution in [0.1, 0.15) is 18.2 Å². The number of aliphatic hydroxyl groups is 1. The molecule has 26 heavy (non-hydrogen) atoms. The molecule has 2 aromatic rings. The van der Waals surface area contributed by atoms with E-state index in [-0.39, 0.29) is 11.3 Å². The zero-order chi connectivity index (χ0) is 18.9.